The summed E-state index contributed by atoms with van der Waals surface area (Å²) in [5.74, 6) is 0.669. The molecule has 19 heavy (non-hydrogen) atoms. The van der Waals surface area contributed by atoms with Crippen molar-refractivity contribution in [3.05, 3.63) is 18.2 Å². The fraction of sp³-hybridized carbons (Fsp3) is 0.571. The lowest BCUT2D eigenvalue weighted by molar-refractivity contribution is -0.100. The van der Waals surface area contributed by atoms with Crippen LogP contribution in [0.5, 0.6) is 5.75 Å². The van der Waals surface area contributed by atoms with E-state index in [1.165, 1.54) is 0 Å². The zero-order chi connectivity index (χ0) is 14.0. The van der Waals surface area contributed by atoms with Crippen LogP contribution >= 0.6 is 0 Å². The van der Waals surface area contributed by atoms with Crippen LogP contribution in [0.4, 0.5) is 11.4 Å². The minimum Gasteiger partial charge on any atom is -0.495 e. The molecule has 1 unspecified atom stereocenters. The van der Waals surface area contributed by atoms with E-state index in [9.17, 15) is 5.11 Å². The van der Waals surface area contributed by atoms with E-state index < -0.39 is 0 Å². The maximum Gasteiger partial charge on any atom is 0.143 e. The summed E-state index contributed by atoms with van der Waals surface area (Å²) in [5.41, 5.74) is 7.36. The number of nitrogen functional groups attached to an aromatic ring is 1. The summed E-state index contributed by atoms with van der Waals surface area (Å²) in [6, 6.07) is 5.72. The Morgan fingerprint density at radius 3 is 2.89 bits per heavy atom. The van der Waals surface area contributed by atoms with E-state index in [-0.39, 0.29) is 18.3 Å². The average Bonchev–Trinajstić information content (AvgIpc) is 2.37. The van der Waals surface area contributed by atoms with Gasteiger partial charge in [-0.15, -0.1) is 0 Å². The number of rotatable bonds is 3. The molecule has 0 aromatic heterocycles. The minimum atomic E-state index is -0.318. The number of nitrogens with zero attached hydrogens (tertiary/aromatic N) is 1. The topological polar surface area (TPSA) is 68.0 Å². The van der Waals surface area contributed by atoms with E-state index in [0.29, 0.717) is 18.0 Å². The van der Waals surface area contributed by atoms with Gasteiger partial charge >= 0.3 is 0 Å². The van der Waals surface area contributed by atoms with Gasteiger partial charge in [-0.05, 0) is 26.0 Å². The Labute approximate surface area is 113 Å². The molecule has 3 N–H and O–H groups in total. The maximum atomic E-state index is 9.35. The number of hydrogen-bond donors (Lipinski definition) is 2. The Balaban J connectivity index is 2.30. The smallest absolute Gasteiger partial charge is 0.143 e. The van der Waals surface area contributed by atoms with E-state index in [0.717, 1.165) is 12.2 Å². The molecule has 1 saturated heterocycles. The fourth-order valence-electron chi connectivity index (χ4n) is 2.56. The number of ether oxygens (including phenoxy) is 2. The number of morpholine rings is 1. The second-order valence-corrected chi connectivity index (χ2v) is 5.46. The second kappa shape index (κ2) is 5.27. The summed E-state index contributed by atoms with van der Waals surface area (Å²) in [7, 11) is 1.61. The zero-order valence-electron chi connectivity index (χ0n) is 11.7. The standard InChI is InChI=1S/C14H22N2O3/c1-14(2)9-16(7-10(8-17)19-14)11-5-4-6-12(18-3)13(11)15/h4-6,10,17H,7-9,15H2,1-3H3. The first kappa shape index (κ1) is 14.0. The van der Waals surface area contributed by atoms with Crippen molar-refractivity contribution in [1.82, 2.24) is 0 Å². The lowest BCUT2D eigenvalue weighted by atomic mass is 10.0. The molecule has 1 aliphatic rings. The summed E-state index contributed by atoms with van der Waals surface area (Å²) < 4.78 is 11.1. The number of hydrogen-bond acceptors (Lipinski definition) is 5. The summed E-state index contributed by atoms with van der Waals surface area (Å²) in [5, 5.41) is 9.35. The van der Waals surface area contributed by atoms with E-state index >= 15 is 0 Å². The molecule has 1 aromatic carbocycles. The monoisotopic (exact) mass is 266 g/mol. The molecule has 1 heterocycles. The largest absolute Gasteiger partial charge is 0.495 e. The number of aliphatic hydroxyl groups is 1. The molecule has 5 heteroatoms. The molecule has 1 atom stereocenters. The van der Waals surface area contributed by atoms with Crippen LogP contribution in [0.2, 0.25) is 0 Å². The second-order valence-electron chi connectivity index (χ2n) is 5.46. The van der Waals surface area contributed by atoms with Crippen LogP contribution in [0.15, 0.2) is 18.2 Å². The van der Waals surface area contributed by atoms with E-state index in [1.807, 2.05) is 32.0 Å². The van der Waals surface area contributed by atoms with Crippen molar-refractivity contribution in [3.8, 4) is 5.75 Å². The van der Waals surface area contributed by atoms with Gasteiger partial charge in [0.05, 0.1) is 36.8 Å². The Morgan fingerprint density at radius 1 is 1.53 bits per heavy atom. The number of methoxy groups -OCH3 is 1. The first-order valence-electron chi connectivity index (χ1n) is 6.43. The first-order valence-corrected chi connectivity index (χ1v) is 6.43. The number of para-hydroxylation sites is 1. The summed E-state index contributed by atoms with van der Waals surface area (Å²) in [6.07, 6.45) is -0.200. The molecule has 0 amide bonds. The third-order valence-electron chi connectivity index (χ3n) is 3.29. The van der Waals surface area contributed by atoms with Crippen LogP contribution in [-0.2, 0) is 4.74 Å². The maximum absolute atomic E-state index is 9.35. The van der Waals surface area contributed by atoms with Crippen molar-refractivity contribution in [2.45, 2.75) is 25.6 Å². The molecule has 1 fully saturated rings. The number of anilines is 2. The number of aliphatic hydroxyl groups excluding tert-OH is 1. The Morgan fingerprint density at radius 2 is 2.26 bits per heavy atom. The predicted molar refractivity (Wildman–Crippen MR) is 75.7 cm³/mol. The van der Waals surface area contributed by atoms with Gasteiger partial charge < -0.3 is 25.2 Å². The summed E-state index contributed by atoms with van der Waals surface area (Å²) in [6.45, 7) is 5.37. The van der Waals surface area contributed by atoms with Crippen LogP contribution in [0, 0.1) is 0 Å². The van der Waals surface area contributed by atoms with Gasteiger partial charge in [-0.1, -0.05) is 6.07 Å². The fourth-order valence-corrected chi connectivity index (χ4v) is 2.56. The SMILES string of the molecule is COc1cccc(N2CC(CO)OC(C)(C)C2)c1N. The summed E-state index contributed by atoms with van der Waals surface area (Å²) >= 11 is 0. The molecule has 2 rings (SSSR count). The average molecular weight is 266 g/mol. The quantitative estimate of drug-likeness (QED) is 0.806. The van der Waals surface area contributed by atoms with Crippen molar-refractivity contribution in [1.29, 1.82) is 0 Å². The van der Waals surface area contributed by atoms with Crippen LogP contribution in [-0.4, -0.2) is 43.6 Å². The highest BCUT2D eigenvalue weighted by molar-refractivity contribution is 5.74. The number of benzene rings is 1. The van der Waals surface area contributed by atoms with Gasteiger partial charge in [0.15, 0.2) is 0 Å². The predicted octanol–water partition coefficient (Wildman–Crippen LogP) is 1.25. The molecular weight excluding hydrogens is 244 g/mol. The molecule has 106 valence electrons. The third kappa shape index (κ3) is 2.93. The molecule has 1 aliphatic heterocycles. The molecule has 1 aromatic rings. The highest BCUT2D eigenvalue weighted by Crippen LogP contribution is 2.35. The van der Waals surface area contributed by atoms with Crippen molar-refractivity contribution in [3.63, 3.8) is 0 Å². The molecule has 0 spiro atoms. The van der Waals surface area contributed by atoms with Crippen molar-refractivity contribution in [2.75, 3.05) is 37.4 Å². The molecule has 0 bridgehead atoms. The molecular formula is C14H22N2O3. The van der Waals surface area contributed by atoms with Gasteiger partial charge in [-0.25, -0.2) is 0 Å². The molecule has 0 radical (unpaired) electrons. The van der Waals surface area contributed by atoms with Gasteiger partial charge in [0, 0.05) is 13.1 Å². The Hall–Kier alpha value is -1.46. The third-order valence-corrected chi connectivity index (χ3v) is 3.29. The molecule has 0 aliphatic carbocycles. The van der Waals surface area contributed by atoms with Gasteiger partial charge in [0.25, 0.3) is 0 Å². The Bertz CT molecular complexity index is 448. The van der Waals surface area contributed by atoms with Crippen LogP contribution in [0.3, 0.4) is 0 Å². The zero-order valence-corrected chi connectivity index (χ0v) is 11.7. The van der Waals surface area contributed by atoms with Gasteiger partial charge in [-0.2, -0.15) is 0 Å². The number of nitrogens with two attached hydrogens (primary N) is 1. The van der Waals surface area contributed by atoms with Crippen LogP contribution in [0.25, 0.3) is 0 Å². The normalized spacial score (nSPS) is 22.3. The summed E-state index contributed by atoms with van der Waals surface area (Å²) in [4.78, 5) is 2.14. The van der Waals surface area contributed by atoms with Crippen molar-refractivity contribution in [2.24, 2.45) is 0 Å². The van der Waals surface area contributed by atoms with Gasteiger partial charge in [0.1, 0.15) is 5.75 Å². The molecule has 5 nitrogen and oxygen atoms in total. The van der Waals surface area contributed by atoms with E-state index in [1.54, 1.807) is 7.11 Å². The van der Waals surface area contributed by atoms with Crippen molar-refractivity contribution < 1.29 is 14.6 Å². The lowest BCUT2D eigenvalue weighted by Crippen LogP contribution is -2.54. The Kier molecular flexibility index (Phi) is 3.87. The minimum absolute atomic E-state index is 0.00377. The lowest BCUT2D eigenvalue weighted by Gasteiger charge is -2.43. The highest BCUT2D eigenvalue weighted by Gasteiger charge is 2.34. The van der Waals surface area contributed by atoms with Gasteiger partial charge in [0.2, 0.25) is 0 Å². The molecule has 0 saturated carbocycles. The highest BCUT2D eigenvalue weighted by atomic mass is 16.5. The van der Waals surface area contributed by atoms with Gasteiger partial charge in [-0.3, -0.25) is 0 Å². The first-order chi connectivity index (χ1) is 8.96. The van der Waals surface area contributed by atoms with Crippen LogP contribution < -0.4 is 15.4 Å². The van der Waals surface area contributed by atoms with E-state index in [2.05, 4.69) is 4.90 Å². The van der Waals surface area contributed by atoms with Crippen molar-refractivity contribution >= 4 is 11.4 Å². The van der Waals surface area contributed by atoms with Crippen LogP contribution in [0.1, 0.15) is 13.8 Å². The van der Waals surface area contributed by atoms with E-state index in [4.69, 9.17) is 15.2 Å².